The highest BCUT2D eigenvalue weighted by Gasteiger charge is 2.30. The predicted octanol–water partition coefficient (Wildman–Crippen LogP) is 3.13. The first-order valence-corrected chi connectivity index (χ1v) is 8.69. The van der Waals surface area contributed by atoms with Crippen LogP contribution in [0.4, 0.5) is 5.69 Å². The Labute approximate surface area is 140 Å². The van der Waals surface area contributed by atoms with E-state index in [1.165, 1.54) is 11.3 Å². The van der Waals surface area contributed by atoms with Crippen LogP contribution in [0.25, 0.3) is 0 Å². The molecule has 1 aliphatic heterocycles. The molecule has 1 N–H and O–H groups in total. The molecule has 0 saturated carbocycles. The third kappa shape index (κ3) is 3.22. The minimum Gasteiger partial charge on any atom is -0.388 e. The second-order valence-electron chi connectivity index (χ2n) is 6.06. The Morgan fingerprint density at radius 2 is 2.09 bits per heavy atom. The lowest BCUT2D eigenvalue weighted by molar-refractivity contribution is 0.0794. The van der Waals surface area contributed by atoms with Crippen molar-refractivity contribution in [2.75, 3.05) is 25.5 Å². The van der Waals surface area contributed by atoms with Crippen LogP contribution in [0.1, 0.15) is 44.1 Å². The van der Waals surface area contributed by atoms with Crippen molar-refractivity contribution in [1.29, 1.82) is 0 Å². The number of hydrogen-bond donors (Lipinski definition) is 1. The van der Waals surface area contributed by atoms with Gasteiger partial charge in [0.25, 0.3) is 5.91 Å². The van der Waals surface area contributed by atoms with Crippen LogP contribution in [0, 0.1) is 20.8 Å². The molecule has 2 aromatic heterocycles. The van der Waals surface area contributed by atoms with Crippen molar-refractivity contribution in [3.8, 4) is 0 Å². The van der Waals surface area contributed by atoms with Gasteiger partial charge in [-0.2, -0.15) is 0 Å². The summed E-state index contributed by atoms with van der Waals surface area (Å²) < 4.78 is 0. The summed E-state index contributed by atoms with van der Waals surface area (Å²) >= 11 is 1.49. The molecular weight excluding hydrogens is 308 g/mol. The van der Waals surface area contributed by atoms with Gasteiger partial charge in [-0.1, -0.05) is 0 Å². The first-order chi connectivity index (χ1) is 11.0. The fourth-order valence-corrected chi connectivity index (χ4v) is 3.99. The summed E-state index contributed by atoms with van der Waals surface area (Å²) in [7, 11) is 1.91. The first kappa shape index (κ1) is 15.9. The van der Waals surface area contributed by atoms with E-state index in [0.29, 0.717) is 5.92 Å². The second kappa shape index (κ2) is 6.28. The van der Waals surface area contributed by atoms with Crippen molar-refractivity contribution in [3.05, 3.63) is 39.1 Å². The largest absolute Gasteiger partial charge is 0.388 e. The van der Waals surface area contributed by atoms with Crippen molar-refractivity contribution in [2.45, 2.75) is 33.1 Å². The van der Waals surface area contributed by atoms with E-state index in [9.17, 15) is 4.79 Å². The van der Waals surface area contributed by atoms with E-state index in [1.54, 1.807) is 0 Å². The number of aryl methyl sites for hydroxylation is 3. The van der Waals surface area contributed by atoms with E-state index in [2.05, 4.69) is 21.4 Å². The number of aromatic nitrogens is 2. The number of carbonyl (C=O) groups is 1. The maximum Gasteiger partial charge on any atom is 0.265 e. The van der Waals surface area contributed by atoms with Gasteiger partial charge in [-0.25, -0.2) is 4.98 Å². The van der Waals surface area contributed by atoms with Crippen LogP contribution in [-0.4, -0.2) is 40.9 Å². The average Bonchev–Trinajstić information content (AvgIpc) is 3.12. The van der Waals surface area contributed by atoms with Crippen LogP contribution >= 0.6 is 11.3 Å². The molecule has 0 aliphatic carbocycles. The van der Waals surface area contributed by atoms with Gasteiger partial charge >= 0.3 is 0 Å². The Bertz CT molecular complexity index is 740. The lowest BCUT2D eigenvalue weighted by Gasteiger charge is -2.16. The number of likely N-dealkylation sites (tertiary alicyclic amines) is 1. The van der Waals surface area contributed by atoms with Crippen LogP contribution < -0.4 is 5.32 Å². The number of anilines is 1. The number of amides is 1. The standard InChI is InChI=1S/C17H22N4OS/c1-10-7-14(18-4)8-15(19-10)13-5-6-21(9-13)17(22)16-11(2)20-12(3)23-16/h7-8,13H,5-6,9H2,1-4H3,(H,18,19)/t13-/m0/s1. The average molecular weight is 330 g/mol. The molecule has 5 nitrogen and oxygen atoms in total. The van der Waals surface area contributed by atoms with Crippen LogP contribution in [0.15, 0.2) is 12.1 Å². The van der Waals surface area contributed by atoms with Crippen molar-refractivity contribution < 1.29 is 4.79 Å². The highest BCUT2D eigenvalue weighted by molar-refractivity contribution is 7.13. The minimum atomic E-state index is 0.108. The topological polar surface area (TPSA) is 58.1 Å². The van der Waals surface area contributed by atoms with Crippen molar-refractivity contribution in [1.82, 2.24) is 14.9 Å². The van der Waals surface area contributed by atoms with Crippen LogP contribution in [0.2, 0.25) is 0 Å². The smallest absolute Gasteiger partial charge is 0.265 e. The molecule has 1 aliphatic rings. The monoisotopic (exact) mass is 330 g/mol. The summed E-state index contributed by atoms with van der Waals surface area (Å²) in [6, 6.07) is 4.12. The Morgan fingerprint density at radius 1 is 1.30 bits per heavy atom. The fraction of sp³-hybridized carbons (Fsp3) is 0.471. The summed E-state index contributed by atoms with van der Waals surface area (Å²) in [5.74, 6) is 0.414. The van der Waals surface area contributed by atoms with Crippen molar-refractivity contribution in [3.63, 3.8) is 0 Å². The van der Waals surface area contributed by atoms with Gasteiger partial charge in [-0.05, 0) is 39.3 Å². The third-order valence-corrected chi connectivity index (χ3v) is 5.31. The highest BCUT2D eigenvalue weighted by Crippen LogP contribution is 2.30. The third-order valence-electron chi connectivity index (χ3n) is 4.25. The number of thiazole rings is 1. The minimum absolute atomic E-state index is 0.108. The molecule has 122 valence electrons. The van der Waals surface area contributed by atoms with E-state index < -0.39 is 0 Å². The Morgan fingerprint density at radius 3 is 2.74 bits per heavy atom. The number of rotatable bonds is 3. The van der Waals surface area contributed by atoms with Gasteiger partial charge in [0.05, 0.1) is 10.7 Å². The lowest BCUT2D eigenvalue weighted by atomic mass is 10.0. The zero-order valence-electron chi connectivity index (χ0n) is 14.0. The van der Waals surface area contributed by atoms with Crippen LogP contribution in [0.5, 0.6) is 0 Å². The molecule has 1 fully saturated rings. The summed E-state index contributed by atoms with van der Waals surface area (Å²) in [5, 5.41) is 4.12. The van der Waals surface area contributed by atoms with E-state index >= 15 is 0 Å². The summed E-state index contributed by atoms with van der Waals surface area (Å²) in [6.07, 6.45) is 0.960. The van der Waals surface area contributed by atoms with E-state index in [-0.39, 0.29) is 5.91 Å². The Kier molecular flexibility index (Phi) is 4.35. The van der Waals surface area contributed by atoms with Gasteiger partial charge in [0.2, 0.25) is 0 Å². The molecule has 0 unspecified atom stereocenters. The van der Waals surface area contributed by atoms with Gasteiger partial charge in [0, 0.05) is 43.1 Å². The summed E-state index contributed by atoms with van der Waals surface area (Å²) in [6.45, 7) is 7.37. The quantitative estimate of drug-likeness (QED) is 0.939. The van der Waals surface area contributed by atoms with E-state index in [4.69, 9.17) is 0 Å². The SMILES string of the molecule is CNc1cc(C)nc([C@H]2CCN(C(=O)c3sc(C)nc3C)C2)c1. The number of hydrogen-bond acceptors (Lipinski definition) is 5. The zero-order valence-corrected chi connectivity index (χ0v) is 14.8. The molecule has 0 spiro atoms. The zero-order chi connectivity index (χ0) is 16.6. The predicted molar refractivity (Wildman–Crippen MR) is 93.4 cm³/mol. The summed E-state index contributed by atoms with van der Waals surface area (Å²) in [4.78, 5) is 24.5. The summed E-state index contributed by atoms with van der Waals surface area (Å²) in [5.41, 5.74) is 3.99. The van der Waals surface area contributed by atoms with E-state index in [0.717, 1.165) is 52.2 Å². The first-order valence-electron chi connectivity index (χ1n) is 7.87. The molecule has 0 bridgehead atoms. The van der Waals surface area contributed by atoms with E-state index in [1.807, 2.05) is 38.8 Å². The molecule has 0 aromatic carbocycles. The number of nitrogens with one attached hydrogen (secondary N) is 1. The fourth-order valence-electron chi connectivity index (χ4n) is 3.11. The molecule has 2 aromatic rings. The molecule has 1 amide bonds. The molecule has 1 atom stereocenters. The van der Waals surface area contributed by atoms with Gasteiger partial charge in [-0.15, -0.1) is 11.3 Å². The van der Waals surface area contributed by atoms with Gasteiger partial charge < -0.3 is 10.2 Å². The van der Waals surface area contributed by atoms with Crippen LogP contribution in [-0.2, 0) is 0 Å². The van der Waals surface area contributed by atoms with Gasteiger partial charge in [0.1, 0.15) is 4.88 Å². The van der Waals surface area contributed by atoms with Crippen LogP contribution in [0.3, 0.4) is 0 Å². The van der Waals surface area contributed by atoms with Gasteiger partial charge in [0.15, 0.2) is 0 Å². The lowest BCUT2D eigenvalue weighted by Crippen LogP contribution is -2.28. The number of pyridine rings is 1. The Hall–Kier alpha value is -1.95. The maximum atomic E-state index is 12.7. The molecule has 3 rings (SSSR count). The van der Waals surface area contributed by atoms with Crippen molar-refractivity contribution in [2.24, 2.45) is 0 Å². The number of carbonyl (C=O) groups excluding carboxylic acids is 1. The molecule has 23 heavy (non-hydrogen) atoms. The van der Waals surface area contributed by atoms with Gasteiger partial charge in [-0.3, -0.25) is 9.78 Å². The van der Waals surface area contributed by atoms with Crippen molar-refractivity contribution >= 4 is 22.9 Å². The normalized spacial score (nSPS) is 17.6. The molecule has 6 heteroatoms. The molecular formula is C17H22N4OS. The maximum absolute atomic E-state index is 12.7. The molecule has 0 radical (unpaired) electrons. The molecule has 3 heterocycles. The Balaban J connectivity index is 1.77. The highest BCUT2D eigenvalue weighted by atomic mass is 32.1. The molecule has 1 saturated heterocycles. The second-order valence-corrected chi connectivity index (χ2v) is 7.26. The number of nitrogens with zero attached hydrogens (tertiary/aromatic N) is 3.